The van der Waals surface area contributed by atoms with E-state index in [9.17, 15) is 19.7 Å². The van der Waals surface area contributed by atoms with Crippen molar-refractivity contribution in [1.29, 1.82) is 0 Å². The van der Waals surface area contributed by atoms with Gasteiger partial charge in [0.05, 0.1) is 11.5 Å². The summed E-state index contributed by atoms with van der Waals surface area (Å²) in [6, 6.07) is 3.90. The van der Waals surface area contributed by atoms with Gasteiger partial charge >= 0.3 is 11.7 Å². The van der Waals surface area contributed by atoms with Gasteiger partial charge in [-0.1, -0.05) is 13.8 Å². The SMILES string of the molecule is CC(=O)Oc1ccc(C(=O)CNC(C)C)cc1[N+](=O)[O-]. The van der Waals surface area contributed by atoms with Crippen LogP contribution in [0.2, 0.25) is 0 Å². The van der Waals surface area contributed by atoms with Gasteiger partial charge in [-0.3, -0.25) is 19.7 Å². The van der Waals surface area contributed by atoms with E-state index in [1.807, 2.05) is 13.8 Å². The van der Waals surface area contributed by atoms with Crippen LogP contribution >= 0.6 is 0 Å². The third-order valence-corrected chi connectivity index (χ3v) is 2.40. The van der Waals surface area contributed by atoms with Crippen molar-refractivity contribution in [3.8, 4) is 5.75 Å². The molecular formula is C13H16N2O5. The topological polar surface area (TPSA) is 98.5 Å². The second-order valence-electron chi connectivity index (χ2n) is 4.49. The van der Waals surface area contributed by atoms with Gasteiger partial charge in [0.1, 0.15) is 0 Å². The third kappa shape index (κ3) is 4.43. The van der Waals surface area contributed by atoms with Crippen molar-refractivity contribution in [2.45, 2.75) is 26.8 Å². The number of ketones is 1. The molecule has 0 amide bonds. The molecule has 20 heavy (non-hydrogen) atoms. The highest BCUT2D eigenvalue weighted by Gasteiger charge is 2.19. The molecule has 0 unspecified atom stereocenters. The predicted molar refractivity (Wildman–Crippen MR) is 71.9 cm³/mol. The molecule has 1 rings (SSSR count). The van der Waals surface area contributed by atoms with Crippen LogP contribution in [0.3, 0.4) is 0 Å². The minimum atomic E-state index is -0.690. The Kier molecular flexibility index (Phi) is 5.33. The molecule has 0 radical (unpaired) electrons. The lowest BCUT2D eigenvalue weighted by Crippen LogP contribution is -2.29. The number of nitrogens with zero attached hydrogens (tertiary/aromatic N) is 1. The van der Waals surface area contributed by atoms with Gasteiger partial charge in [-0.15, -0.1) is 0 Å². The molecule has 0 fully saturated rings. The van der Waals surface area contributed by atoms with Crippen LogP contribution in [0, 0.1) is 10.1 Å². The van der Waals surface area contributed by atoms with E-state index in [0.29, 0.717) is 0 Å². The summed E-state index contributed by atoms with van der Waals surface area (Å²) in [5.74, 6) is -1.10. The Morgan fingerprint density at radius 2 is 2.05 bits per heavy atom. The van der Waals surface area contributed by atoms with Crippen LogP contribution in [-0.2, 0) is 4.79 Å². The molecule has 7 heteroatoms. The summed E-state index contributed by atoms with van der Waals surface area (Å²) in [4.78, 5) is 33.0. The summed E-state index contributed by atoms with van der Waals surface area (Å²) in [7, 11) is 0. The number of benzene rings is 1. The van der Waals surface area contributed by atoms with Crippen LogP contribution in [0.5, 0.6) is 5.75 Å². The number of Topliss-reactive ketones (excluding diaryl/α,β-unsaturated/α-hetero) is 1. The number of ether oxygens (including phenoxy) is 1. The molecule has 0 bridgehead atoms. The Bertz CT molecular complexity index is 540. The minimum Gasteiger partial charge on any atom is -0.419 e. The largest absolute Gasteiger partial charge is 0.419 e. The van der Waals surface area contributed by atoms with Crippen LogP contribution < -0.4 is 10.1 Å². The van der Waals surface area contributed by atoms with E-state index in [-0.39, 0.29) is 29.7 Å². The van der Waals surface area contributed by atoms with E-state index in [4.69, 9.17) is 4.74 Å². The van der Waals surface area contributed by atoms with Crippen molar-refractivity contribution in [3.63, 3.8) is 0 Å². The predicted octanol–water partition coefficient (Wildman–Crippen LogP) is 1.70. The summed E-state index contributed by atoms with van der Waals surface area (Å²) in [5.41, 5.74) is -0.212. The Morgan fingerprint density at radius 1 is 1.40 bits per heavy atom. The van der Waals surface area contributed by atoms with Crippen LogP contribution in [0.1, 0.15) is 31.1 Å². The molecule has 0 aliphatic heterocycles. The van der Waals surface area contributed by atoms with Gasteiger partial charge in [-0.05, 0) is 12.1 Å². The van der Waals surface area contributed by atoms with Crippen molar-refractivity contribution in [3.05, 3.63) is 33.9 Å². The zero-order valence-corrected chi connectivity index (χ0v) is 11.5. The highest BCUT2D eigenvalue weighted by atomic mass is 16.6. The van der Waals surface area contributed by atoms with E-state index in [1.54, 1.807) is 0 Å². The lowest BCUT2D eigenvalue weighted by molar-refractivity contribution is -0.385. The van der Waals surface area contributed by atoms with Gasteiger partial charge in [-0.25, -0.2) is 0 Å². The standard InChI is InChI=1S/C13H16N2O5/c1-8(2)14-7-12(17)10-4-5-13(20-9(3)16)11(6-10)15(18)19/h4-6,8,14H,7H2,1-3H3. The zero-order valence-electron chi connectivity index (χ0n) is 11.5. The summed E-state index contributed by atoms with van der Waals surface area (Å²) in [6.45, 7) is 5.01. The monoisotopic (exact) mass is 280 g/mol. The molecule has 0 aliphatic carbocycles. The number of carbonyl (C=O) groups excluding carboxylic acids is 2. The first-order chi connectivity index (χ1) is 9.31. The molecule has 1 aromatic rings. The lowest BCUT2D eigenvalue weighted by Gasteiger charge is -2.08. The number of hydrogen-bond acceptors (Lipinski definition) is 6. The van der Waals surface area contributed by atoms with Crippen molar-refractivity contribution in [2.75, 3.05) is 6.54 Å². The van der Waals surface area contributed by atoms with Crippen LogP contribution in [0.15, 0.2) is 18.2 Å². The molecule has 1 N–H and O–H groups in total. The molecule has 0 aliphatic rings. The molecule has 0 aromatic heterocycles. The lowest BCUT2D eigenvalue weighted by atomic mass is 10.1. The Hall–Kier alpha value is -2.28. The third-order valence-electron chi connectivity index (χ3n) is 2.40. The summed E-state index contributed by atoms with van der Waals surface area (Å²) in [6.07, 6.45) is 0. The molecule has 0 spiro atoms. The summed E-state index contributed by atoms with van der Waals surface area (Å²) >= 11 is 0. The van der Waals surface area contributed by atoms with Crippen LogP contribution in [0.25, 0.3) is 0 Å². The van der Waals surface area contributed by atoms with Gasteiger partial charge in [0.25, 0.3) is 0 Å². The van der Waals surface area contributed by atoms with Gasteiger partial charge in [0.2, 0.25) is 5.75 Å². The first-order valence-corrected chi connectivity index (χ1v) is 6.04. The minimum absolute atomic E-state index is 0.0851. The zero-order chi connectivity index (χ0) is 15.3. The molecule has 108 valence electrons. The van der Waals surface area contributed by atoms with Crippen molar-refractivity contribution < 1.29 is 19.2 Å². The van der Waals surface area contributed by atoms with E-state index >= 15 is 0 Å². The fourth-order valence-electron chi connectivity index (χ4n) is 1.47. The van der Waals surface area contributed by atoms with Crippen LogP contribution in [-0.4, -0.2) is 29.3 Å². The fourth-order valence-corrected chi connectivity index (χ4v) is 1.47. The molecule has 0 heterocycles. The molecule has 0 saturated heterocycles. The average molecular weight is 280 g/mol. The van der Waals surface area contributed by atoms with Gasteiger partial charge in [0, 0.05) is 24.6 Å². The first kappa shape index (κ1) is 15.8. The fraction of sp³-hybridized carbons (Fsp3) is 0.385. The second kappa shape index (κ2) is 6.76. The van der Waals surface area contributed by atoms with Gasteiger partial charge < -0.3 is 10.1 Å². The molecular weight excluding hydrogens is 264 g/mol. The summed E-state index contributed by atoms with van der Waals surface area (Å²) < 4.78 is 4.73. The van der Waals surface area contributed by atoms with E-state index in [1.165, 1.54) is 12.1 Å². The van der Waals surface area contributed by atoms with Crippen LogP contribution in [0.4, 0.5) is 5.69 Å². The molecule has 7 nitrogen and oxygen atoms in total. The quantitative estimate of drug-likeness (QED) is 0.280. The van der Waals surface area contributed by atoms with Crippen molar-refractivity contribution >= 4 is 17.4 Å². The maximum atomic E-state index is 11.9. The van der Waals surface area contributed by atoms with E-state index in [0.717, 1.165) is 13.0 Å². The molecule has 1 aromatic carbocycles. The molecule has 0 saturated carbocycles. The summed E-state index contributed by atoms with van der Waals surface area (Å²) in [5, 5.41) is 13.9. The van der Waals surface area contributed by atoms with E-state index < -0.39 is 16.6 Å². The highest BCUT2D eigenvalue weighted by Crippen LogP contribution is 2.28. The normalized spacial score (nSPS) is 10.4. The van der Waals surface area contributed by atoms with E-state index in [2.05, 4.69) is 5.32 Å². The highest BCUT2D eigenvalue weighted by molar-refractivity contribution is 5.98. The average Bonchev–Trinajstić information content (AvgIpc) is 2.35. The number of carbonyl (C=O) groups is 2. The van der Waals surface area contributed by atoms with Crippen molar-refractivity contribution in [1.82, 2.24) is 5.32 Å². The number of nitro groups is 1. The molecule has 0 atom stereocenters. The number of esters is 1. The first-order valence-electron chi connectivity index (χ1n) is 6.04. The Balaban J connectivity index is 3.01. The number of nitro benzene ring substituents is 1. The van der Waals surface area contributed by atoms with Gasteiger partial charge in [0.15, 0.2) is 5.78 Å². The Morgan fingerprint density at radius 3 is 2.55 bits per heavy atom. The number of rotatable bonds is 6. The maximum Gasteiger partial charge on any atom is 0.312 e. The number of nitrogens with one attached hydrogen (secondary N) is 1. The number of hydrogen-bond donors (Lipinski definition) is 1. The van der Waals surface area contributed by atoms with Gasteiger partial charge in [-0.2, -0.15) is 0 Å². The Labute approximate surface area is 116 Å². The second-order valence-corrected chi connectivity index (χ2v) is 4.49. The smallest absolute Gasteiger partial charge is 0.312 e. The maximum absolute atomic E-state index is 11.9. The van der Waals surface area contributed by atoms with Crippen molar-refractivity contribution in [2.24, 2.45) is 0 Å².